The lowest BCUT2D eigenvalue weighted by molar-refractivity contribution is 0.0947. The molecule has 0 aromatic carbocycles. The first-order valence-corrected chi connectivity index (χ1v) is 9.88. The highest BCUT2D eigenvalue weighted by molar-refractivity contribution is 7.98. The Morgan fingerprint density at radius 1 is 1.35 bits per heavy atom. The van der Waals surface area contributed by atoms with Gasteiger partial charge in [0.15, 0.2) is 0 Å². The second kappa shape index (κ2) is 7.25. The van der Waals surface area contributed by atoms with Crippen molar-refractivity contribution < 1.29 is 4.79 Å². The lowest BCUT2D eigenvalue weighted by Gasteiger charge is -2.06. The van der Waals surface area contributed by atoms with Gasteiger partial charge in [-0.3, -0.25) is 4.79 Å². The van der Waals surface area contributed by atoms with Crippen molar-refractivity contribution in [1.29, 1.82) is 0 Å². The third-order valence-electron chi connectivity index (χ3n) is 3.17. The minimum absolute atomic E-state index is 0.0955. The molecular weight excluding hydrogens is 346 g/mol. The number of pyridine rings is 1. The Labute approximate surface area is 147 Å². The highest BCUT2D eigenvalue weighted by Gasteiger charge is 2.12. The van der Waals surface area contributed by atoms with E-state index in [1.807, 2.05) is 19.2 Å². The summed E-state index contributed by atoms with van der Waals surface area (Å²) in [5, 5.41) is 6.82. The number of hydrogen-bond acceptors (Lipinski definition) is 6. The van der Waals surface area contributed by atoms with Crippen LogP contribution >= 0.6 is 34.4 Å². The average molecular weight is 362 g/mol. The lowest BCUT2D eigenvalue weighted by atomic mass is 10.2. The molecule has 0 aliphatic heterocycles. The quantitative estimate of drug-likeness (QED) is 0.691. The molecule has 0 aliphatic rings. The van der Waals surface area contributed by atoms with Crippen LogP contribution < -0.4 is 5.32 Å². The van der Waals surface area contributed by atoms with Crippen molar-refractivity contribution in [2.75, 3.05) is 6.26 Å². The standard InChI is InChI=1S/C16H15N3OS3/c1-10-19-13(9-22-10)14-6-5-11(23-14)8-18-15(20)12-4-3-7-17-16(12)21-2/h3-7,9H,8H2,1-2H3,(H,18,20). The van der Waals surface area contributed by atoms with Gasteiger partial charge in [-0.1, -0.05) is 0 Å². The van der Waals surface area contributed by atoms with E-state index >= 15 is 0 Å². The van der Waals surface area contributed by atoms with Crippen LogP contribution in [0, 0.1) is 6.92 Å². The molecule has 0 saturated carbocycles. The number of aryl methyl sites for hydroxylation is 1. The van der Waals surface area contributed by atoms with E-state index < -0.39 is 0 Å². The number of rotatable bonds is 5. The molecule has 0 radical (unpaired) electrons. The number of aromatic nitrogens is 2. The van der Waals surface area contributed by atoms with Crippen molar-refractivity contribution in [3.05, 3.63) is 51.3 Å². The lowest BCUT2D eigenvalue weighted by Crippen LogP contribution is -2.23. The summed E-state index contributed by atoms with van der Waals surface area (Å²) in [5.74, 6) is -0.0955. The number of thiophene rings is 1. The molecule has 3 aromatic heterocycles. The first-order valence-electron chi connectivity index (χ1n) is 6.96. The third-order valence-corrected chi connectivity index (χ3v) is 5.76. The van der Waals surface area contributed by atoms with Gasteiger partial charge < -0.3 is 5.32 Å². The molecule has 3 aromatic rings. The molecular formula is C16H15N3OS3. The third kappa shape index (κ3) is 3.80. The largest absolute Gasteiger partial charge is 0.347 e. The summed E-state index contributed by atoms with van der Waals surface area (Å²) in [4.78, 5) is 23.2. The zero-order valence-electron chi connectivity index (χ0n) is 12.7. The molecule has 7 heteroatoms. The van der Waals surface area contributed by atoms with Gasteiger partial charge in [0.1, 0.15) is 5.03 Å². The summed E-state index contributed by atoms with van der Waals surface area (Å²) >= 11 is 4.77. The number of carbonyl (C=O) groups excluding carboxylic acids is 1. The van der Waals surface area contributed by atoms with Gasteiger partial charge in [-0.15, -0.1) is 34.4 Å². The maximum atomic E-state index is 12.3. The van der Waals surface area contributed by atoms with E-state index in [-0.39, 0.29) is 5.91 Å². The normalized spacial score (nSPS) is 10.7. The molecule has 0 saturated heterocycles. The molecule has 0 atom stereocenters. The van der Waals surface area contributed by atoms with E-state index in [4.69, 9.17) is 0 Å². The number of amides is 1. The maximum absolute atomic E-state index is 12.3. The van der Waals surface area contributed by atoms with Crippen LogP contribution in [0.15, 0.2) is 40.9 Å². The highest BCUT2D eigenvalue weighted by Crippen LogP contribution is 2.29. The summed E-state index contributed by atoms with van der Waals surface area (Å²) in [5.41, 5.74) is 1.62. The van der Waals surface area contributed by atoms with E-state index in [2.05, 4.69) is 26.7 Å². The predicted octanol–water partition coefficient (Wildman–Crippen LogP) is 4.23. The minimum atomic E-state index is -0.0955. The van der Waals surface area contributed by atoms with Crippen LogP contribution in [0.2, 0.25) is 0 Å². The summed E-state index contributed by atoms with van der Waals surface area (Å²) in [7, 11) is 0. The van der Waals surface area contributed by atoms with Crippen molar-refractivity contribution in [2.45, 2.75) is 18.5 Å². The number of carbonyl (C=O) groups is 1. The average Bonchev–Trinajstić information content (AvgIpc) is 3.21. The van der Waals surface area contributed by atoms with Gasteiger partial charge in [0.05, 0.1) is 27.7 Å². The highest BCUT2D eigenvalue weighted by atomic mass is 32.2. The molecule has 3 rings (SSSR count). The Morgan fingerprint density at radius 2 is 2.22 bits per heavy atom. The van der Waals surface area contributed by atoms with Crippen molar-refractivity contribution in [2.24, 2.45) is 0 Å². The Kier molecular flexibility index (Phi) is 5.09. The van der Waals surface area contributed by atoms with Gasteiger partial charge in [0, 0.05) is 16.5 Å². The zero-order valence-corrected chi connectivity index (χ0v) is 15.1. The summed E-state index contributed by atoms with van der Waals surface area (Å²) in [6.45, 7) is 2.51. The van der Waals surface area contributed by atoms with E-state index in [1.54, 1.807) is 41.0 Å². The van der Waals surface area contributed by atoms with Crippen LogP contribution in [0.3, 0.4) is 0 Å². The molecule has 1 N–H and O–H groups in total. The Bertz CT molecular complexity index is 825. The Balaban J connectivity index is 1.67. The predicted molar refractivity (Wildman–Crippen MR) is 97.4 cm³/mol. The maximum Gasteiger partial charge on any atom is 0.254 e. The smallest absolute Gasteiger partial charge is 0.254 e. The van der Waals surface area contributed by atoms with E-state index in [9.17, 15) is 4.79 Å². The SMILES string of the molecule is CSc1ncccc1C(=O)NCc1ccc(-c2csc(C)n2)s1. The van der Waals surface area contributed by atoms with Crippen LogP contribution in [-0.2, 0) is 6.54 Å². The van der Waals surface area contributed by atoms with Crippen molar-refractivity contribution >= 4 is 40.3 Å². The molecule has 118 valence electrons. The number of hydrogen-bond donors (Lipinski definition) is 1. The molecule has 23 heavy (non-hydrogen) atoms. The van der Waals surface area contributed by atoms with E-state index in [0.717, 1.165) is 25.5 Å². The molecule has 0 bridgehead atoms. The molecule has 3 heterocycles. The van der Waals surface area contributed by atoms with Gasteiger partial charge >= 0.3 is 0 Å². The van der Waals surface area contributed by atoms with Crippen LogP contribution in [0.4, 0.5) is 0 Å². The summed E-state index contributed by atoms with van der Waals surface area (Å²) < 4.78 is 0. The van der Waals surface area contributed by atoms with E-state index in [1.165, 1.54) is 11.8 Å². The van der Waals surface area contributed by atoms with Gasteiger partial charge in [0.2, 0.25) is 0 Å². The first-order chi connectivity index (χ1) is 11.2. The summed E-state index contributed by atoms with van der Waals surface area (Å²) in [6.07, 6.45) is 3.62. The number of nitrogens with zero attached hydrogens (tertiary/aromatic N) is 2. The molecule has 1 amide bonds. The van der Waals surface area contributed by atoms with Crippen LogP contribution in [0.25, 0.3) is 10.6 Å². The first kappa shape index (κ1) is 16.2. The van der Waals surface area contributed by atoms with E-state index in [0.29, 0.717) is 12.1 Å². The summed E-state index contributed by atoms with van der Waals surface area (Å²) in [6, 6.07) is 7.67. The van der Waals surface area contributed by atoms with Gasteiger partial charge in [-0.2, -0.15) is 0 Å². The van der Waals surface area contributed by atoms with Crippen LogP contribution in [0.5, 0.6) is 0 Å². The second-order valence-corrected chi connectivity index (χ2v) is 7.79. The second-order valence-electron chi connectivity index (χ2n) is 4.76. The van der Waals surface area contributed by atoms with Crippen molar-refractivity contribution in [3.8, 4) is 10.6 Å². The molecule has 0 aliphatic carbocycles. The Morgan fingerprint density at radius 3 is 2.96 bits per heavy atom. The number of nitrogens with one attached hydrogen (secondary N) is 1. The van der Waals surface area contributed by atoms with Crippen LogP contribution in [-0.4, -0.2) is 22.1 Å². The fourth-order valence-corrected chi connectivity index (χ4v) is 4.22. The number of thioether (sulfide) groups is 1. The fraction of sp³-hybridized carbons (Fsp3) is 0.188. The van der Waals surface area contributed by atoms with Gasteiger partial charge in [0.25, 0.3) is 5.91 Å². The van der Waals surface area contributed by atoms with Gasteiger partial charge in [-0.05, 0) is 37.4 Å². The topological polar surface area (TPSA) is 54.9 Å². The molecule has 0 fully saturated rings. The fourth-order valence-electron chi connectivity index (χ4n) is 2.08. The molecule has 4 nitrogen and oxygen atoms in total. The van der Waals surface area contributed by atoms with Crippen molar-refractivity contribution in [3.63, 3.8) is 0 Å². The minimum Gasteiger partial charge on any atom is -0.347 e. The zero-order chi connectivity index (χ0) is 16.2. The van der Waals surface area contributed by atoms with Gasteiger partial charge in [-0.25, -0.2) is 9.97 Å². The molecule has 0 unspecified atom stereocenters. The molecule has 0 spiro atoms. The Hall–Kier alpha value is -1.70. The number of thiazole rings is 1. The monoisotopic (exact) mass is 361 g/mol. The van der Waals surface area contributed by atoms with Crippen LogP contribution in [0.1, 0.15) is 20.2 Å². The van der Waals surface area contributed by atoms with Crippen molar-refractivity contribution in [1.82, 2.24) is 15.3 Å².